The lowest BCUT2D eigenvalue weighted by atomic mass is 9.96. The minimum absolute atomic E-state index is 0.265. The number of benzene rings is 1. The fourth-order valence-corrected chi connectivity index (χ4v) is 3.44. The molecule has 3 rings (SSSR count). The van der Waals surface area contributed by atoms with Crippen LogP contribution in [-0.2, 0) is 6.18 Å². The fraction of sp³-hybridized carbons (Fsp3) is 0.444. The zero-order valence-electron chi connectivity index (χ0n) is 13.9. The minimum Gasteiger partial charge on any atom is -0.338 e. The average Bonchev–Trinajstić information content (AvgIpc) is 2.56. The Labute approximate surface area is 148 Å². The summed E-state index contributed by atoms with van der Waals surface area (Å²) < 4.78 is 52.6. The lowest BCUT2D eigenvalue weighted by Gasteiger charge is -2.44. The van der Waals surface area contributed by atoms with Crippen molar-refractivity contribution in [1.29, 1.82) is 5.26 Å². The molecule has 2 aliphatic rings. The molecule has 0 saturated carbocycles. The van der Waals surface area contributed by atoms with Gasteiger partial charge < -0.3 is 4.90 Å². The predicted molar refractivity (Wildman–Crippen MR) is 85.6 cm³/mol. The van der Waals surface area contributed by atoms with Crippen LogP contribution in [0.2, 0.25) is 0 Å². The molecule has 0 aromatic heterocycles. The predicted octanol–water partition coefficient (Wildman–Crippen LogP) is 3.21. The monoisotopic (exact) mass is 367 g/mol. The summed E-state index contributed by atoms with van der Waals surface area (Å²) in [5, 5.41) is 8.60. The van der Waals surface area contributed by atoms with E-state index in [1.807, 2.05) is 6.07 Å². The van der Waals surface area contributed by atoms with E-state index in [1.54, 1.807) is 0 Å². The van der Waals surface area contributed by atoms with Gasteiger partial charge in [-0.25, -0.2) is 4.39 Å². The highest BCUT2D eigenvalue weighted by molar-refractivity contribution is 5.94. The molecule has 0 bridgehead atoms. The molecule has 2 heterocycles. The number of piperidine rings is 1. The summed E-state index contributed by atoms with van der Waals surface area (Å²) in [6.45, 7) is 2.20. The third kappa shape index (κ3) is 3.58. The van der Waals surface area contributed by atoms with Gasteiger partial charge >= 0.3 is 6.18 Å². The number of carbonyl (C=O) groups excluding carboxylic acids is 1. The van der Waals surface area contributed by atoms with Gasteiger partial charge in [0.25, 0.3) is 5.91 Å². The third-order valence-corrected chi connectivity index (χ3v) is 4.88. The number of halogens is 4. The van der Waals surface area contributed by atoms with Gasteiger partial charge in [0.1, 0.15) is 5.82 Å². The SMILES string of the molecule is N#CC=C1CN(C2CCN(C(=O)c3cccc(C(F)(F)F)c3F)CC2)C1. The van der Waals surface area contributed by atoms with Gasteiger partial charge in [0, 0.05) is 38.3 Å². The molecule has 26 heavy (non-hydrogen) atoms. The smallest absolute Gasteiger partial charge is 0.338 e. The van der Waals surface area contributed by atoms with E-state index in [4.69, 9.17) is 5.26 Å². The first-order valence-electron chi connectivity index (χ1n) is 8.28. The summed E-state index contributed by atoms with van der Waals surface area (Å²) in [5.41, 5.74) is -0.894. The van der Waals surface area contributed by atoms with Crippen LogP contribution in [0.5, 0.6) is 0 Å². The minimum atomic E-state index is -4.83. The number of rotatable bonds is 2. The molecule has 4 nitrogen and oxygen atoms in total. The fourth-order valence-electron chi connectivity index (χ4n) is 3.44. The van der Waals surface area contributed by atoms with Crippen LogP contribution in [0.1, 0.15) is 28.8 Å². The highest BCUT2D eigenvalue weighted by atomic mass is 19.4. The van der Waals surface area contributed by atoms with E-state index in [1.165, 1.54) is 11.0 Å². The molecule has 2 saturated heterocycles. The van der Waals surface area contributed by atoms with Gasteiger partial charge in [-0.05, 0) is 30.5 Å². The number of likely N-dealkylation sites (tertiary alicyclic amines) is 2. The molecule has 1 aromatic rings. The van der Waals surface area contributed by atoms with Gasteiger partial charge in [-0.2, -0.15) is 18.4 Å². The molecule has 2 aliphatic heterocycles. The number of alkyl halides is 3. The maximum Gasteiger partial charge on any atom is 0.419 e. The normalized spacial score (nSPS) is 19.0. The largest absolute Gasteiger partial charge is 0.419 e. The zero-order valence-corrected chi connectivity index (χ0v) is 13.9. The quantitative estimate of drug-likeness (QED) is 0.596. The van der Waals surface area contributed by atoms with E-state index in [2.05, 4.69) is 4.90 Å². The second kappa shape index (κ2) is 7.08. The molecule has 0 N–H and O–H groups in total. The summed E-state index contributed by atoms with van der Waals surface area (Å²) in [4.78, 5) is 16.1. The Morgan fingerprint density at radius 2 is 1.88 bits per heavy atom. The van der Waals surface area contributed by atoms with E-state index in [9.17, 15) is 22.4 Å². The van der Waals surface area contributed by atoms with E-state index in [-0.39, 0.29) is 6.04 Å². The molecule has 0 atom stereocenters. The average molecular weight is 367 g/mol. The van der Waals surface area contributed by atoms with Crippen LogP contribution in [-0.4, -0.2) is 47.9 Å². The van der Waals surface area contributed by atoms with Crippen LogP contribution >= 0.6 is 0 Å². The highest BCUT2D eigenvalue weighted by Gasteiger charge is 2.37. The van der Waals surface area contributed by atoms with Crippen molar-refractivity contribution in [2.75, 3.05) is 26.2 Å². The summed E-state index contributed by atoms with van der Waals surface area (Å²) in [5.74, 6) is -2.22. The van der Waals surface area contributed by atoms with E-state index < -0.39 is 29.0 Å². The standard InChI is InChI=1S/C18H17F4N3O/c19-16-14(2-1-3-15(16)18(20,21)22)17(26)24-8-5-13(6-9-24)25-10-12(11-25)4-7-23/h1-4,13H,5-6,8-11H2. The van der Waals surface area contributed by atoms with Gasteiger partial charge in [0.05, 0.1) is 17.2 Å². The Kier molecular flexibility index (Phi) is 5.01. The molecule has 2 fully saturated rings. The van der Waals surface area contributed by atoms with Crippen molar-refractivity contribution in [2.24, 2.45) is 0 Å². The lowest BCUT2D eigenvalue weighted by Crippen LogP contribution is -2.52. The summed E-state index contributed by atoms with van der Waals surface area (Å²) >= 11 is 0. The van der Waals surface area contributed by atoms with E-state index >= 15 is 0 Å². The zero-order chi connectivity index (χ0) is 18.9. The van der Waals surface area contributed by atoms with Gasteiger partial charge in [-0.3, -0.25) is 9.69 Å². The number of hydrogen-bond acceptors (Lipinski definition) is 3. The maximum absolute atomic E-state index is 14.1. The Morgan fingerprint density at radius 3 is 2.46 bits per heavy atom. The van der Waals surface area contributed by atoms with Crippen molar-refractivity contribution >= 4 is 5.91 Å². The number of nitriles is 1. The molecule has 138 valence electrons. The number of hydrogen-bond donors (Lipinski definition) is 0. The Bertz CT molecular complexity index is 766. The summed E-state index contributed by atoms with van der Waals surface area (Å²) in [6.07, 6.45) is -1.95. The van der Waals surface area contributed by atoms with Crippen molar-refractivity contribution in [2.45, 2.75) is 25.1 Å². The van der Waals surface area contributed by atoms with Crippen LogP contribution in [0.4, 0.5) is 17.6 Å². The number of allylic oxidation sites excluding steroid dienone is 1. The Hall–Kier alpha value is -2.40. The topological polar surface area (TPSA) is 47.3 Å². The highest BCUT2D eigenvalue weighted by Crippen LogP contribution is 2.33. The molecular formula is C18H17F4N3O. The summed E-state index contributed by atoms with van der Waals surface area (Å²) in [7, 11) is 0. The second-order valence-electron chi connectivity index (χ2n) is 6.52. The first kappa shape index (κ1) is 18.4. The van der Waals surface area contributed by atoms with Crippen molar-refractivity contribution in [1.82, 2.24) is 9.80 Å². The number of nitrogens with zero attached hydrogens (tertiary/aromatic N) is 3. The van der Waals surface area contributed by atoms with Gasteiger partial charge in [0.15, 0.2) is 0 Å². The molecule has 0 unspecified atom stereocenters. The van der Waals surface area contributed by atoms with E-state index in [0.717, 1.165) is 30.8 Å². The van der Waals surface area contributed by atoms with Crippen LogP contribution in [0, 0.1) is 17.1 Å². The van der Waals surface area contributed by atoms with Gasteiger partial charge in [-0.1, -0.05) is 6.07 Å². The van der Waals surface area contributed by atoms with Crippen LogP contribution < -0.4 is 0 Å². The molecule has 8 heteroatoms. The first-order valence-corrected chi connectivity index (χ1v) is 8.28. The second-order valence-corrected chi connectivity index (χ2v) is 6.52. The Morgan fingerprint density at radius 1 is 1.23 bits per heavy atom. The number of amides is 1. The maximum atomic E-state index is 14.1. The number of carbonyl (C=O) groups is 1. The Balaban J connectivity index is 1.63. The lowest BCUT2D eigenvalue weighted by molar-refractivity contribution is -0.140. The van der Waals surface area contributed by atoms with Crippen molar-refractivity contribution in [3.8, 4) is 6.07 Å². The molecule has 0 radical (unpaired) electrons. The summed E-state index contributed by atoms with van der Waals surface area (Å²) in [6, 6.07) is 5.04. The third-order valence-electron chi connectivity index (χ3n) is 4.88. The molecule has 1 amide bonds. The van der Waals surface area contributed by atoms with Crippen molar-refractivity contribution in [3.05, 3.63) is 46.8 Å². The van der Waals surface area contributed by atoms with Crippen molar-refractivity contribution in [3.63, 3.8) is 0 Å². The van der Waals surface area contributed by atoms with Crippen LogP contribution in [0.3, 0.4) is 0 Å². The first-order chi connectivity index (χ1) is 12.3. The van der Waals surface area contributed by atoms with Gasteiger partial charge in [0.2, 0.25) is 0 Å². The van der Waals surface area contributed by atoms with Crippen LogP contribution in [0.15, 0.2) is 29.8 Å². The molecule has 1 aromatic carbocycles. The molecule has 0 spiro atoms. The molecule has 0 aliphatic carbocycles. The van der Waals surface area contributed by atoms with E-state index in [0.29, 0.717) is 32.0 Å². The molecular weight excluding hydrogens is 350 g/mol. The van der Waals surface area contributed by atoms with Crippen molar-refractivity contribution < 1.29 is 22.4 Å². The van der Waals surface area contributed by atoms with Crippen LogP contribution in [0.25, 0.3) is 0 Å². The van der Waals surface area contributed by atoms with Gasteiger partial charge in [-0.15, -0.1) is 0 Å².